The standard InChI is InChI=1S/C17H27N3O/c1-3-5-15-10-18-16(13-8-9-13)12-20(15)11-14-6-4-7-17(19-14)21-2/h4,6-7,13,15-16,18H,3,5,8-12H2,1-2H3. The lowest BCUT2D eigenvalue weighted by molar-refractivity contribution is 0.106. The van der Waals surface area contributed by atoms with Gasteiger partial charge in [0.2, 0.25) is 5.88 Å². The first-order valence-corrected chi connectivity index (χ1v) is 8.27. The minimum absolute atomic E-state index is 0.637. The molecule has 21 heavy (non-hydrogen) atoms. The Labute approximate surface area is 127 Å². The fourth-order valence-electron chi connectivity index (χ4n) is 3.38. The molecule has 1 aromatic heterocycles. The van der Waals surface area contributed by atoms with Gasteiger partial charge in [-0.25, -0.2) is 4.98 Å². The number of methoxy groups -OCH3 is 1. The Morgan fingerprint density at radius 1 is 1.38 bits per heavy atom. The number of pyridine rings is 1. The number of piperazine rings is 1. The zero-order chi connectivity index (χ0) is 14.7. The predicted molar refractivity (Wildman–Crippen MR) is 84.4 cm³/mol. The van der Waals surface area contributed by atoms with Crippen molar-refractivity contribution in [3.05, 3.63) is 23.9 Å². The van der Waals surface area contributed by atoms with Crippen LogP contribution in [0, 0.1) is 5.92 Å². The van der Waals surface area contributed by atoms with Crippen LogP contribution in [-0.4, -0.2) is 42.2 Å². The summed E-state index contributed by atoms with van der Waals surface area (Å²) in [7, 11) is 1.68. The lowest BCUT2D eigenvalue weighted by Gasteiger charge is -2.40. The number of nitrogens with one attached hydrogen (secondary N) is 1. The van der Waals surface area contributed by atoms with Crippen molar-refractivity contribution in [3.63, 3.8) is 0 Å². The molecule has 1 aliphatic carbocycles. The summed E-state index contributed by atoms with van der Waals surface area (Å²) in [5.41, 5.74) is 1.12. The highest BCUT2D eigenvalue weighted by Crippen LogP contribution is 2.34. The lowest BCUT2D eigenvalue weighted by Crippen LogP contribution is -2.56. The van der Waals surface area contributed by atoms with Gasteiger partial charge < -0.3 is 10.1 Å². The first-order valence-electron chi connectivity index (χ1n) is 8.27. The summed E-state index contributed by atoms with van der Waals surface area (Å²) < 4.78 is 5.25. The number of rotatable bonds is 6. The highest BCUT2D eigenvalue weighted by Gasteiger charge is 2.36. The summed E-state index contributed by atoms with van der Waals surface area (Å²) >= 11 is 0. The van der Waals surface area contributed by atoms with E-state index in [4.69, 9.17) is 4.74 Å². The Hall–Kier alpha value is -1.13. The monoisotopic (exact) mass is 289 g/mol. The molecule has 3 rings (SSSR count). The molecule has 0 radical (unpaired) electrons. The van der Waals surface area contributed by atoms with Crippen molar-refractivity contribution in [2.24, 2.45) is 5.92 Å². The van der Waals surface area contributed by atoms with Gasteiger partial charge in [0, 0.05) is 37.8 Å². The van der Waals surface area contributed by atoms with Crippen LogP contribution < -0.4 is 10.1 Å². The minimum Gasteiger partial charge on any atom is -0.481 e. The second-order valence-corrected chi connectivity index (χ2v) is 6.40. The molecule has 2 aliphatic rings. The van der Waals surface area contributed by atoms with Crippen LogP contribution in [0.25, 0.3) is 0 Å². The van der Waals surface area contributed by atoms with Crippen molar-refractivity contribution in [3.8, 4) is 5.88 Å². The van der Waals surface area contributed by atoms with Crippen LogP contribution in [0.2, 0.25) is 0 Å². The number of hydrogen-bond acceptors (Lipinski definition) is 4. The van der Waals surface area contributed by atoms with Gasteiger partial charge >= 0.3 is 0 Å². The maximum absolute atomic E-state index is 5.25. The molecule has 1 aromatic rings. The molecule has 2 unspecified atom stereocenters. The molecule has 4 heteroatoms. The van der Waals surface area contributed by atoms with Crippen LogP contribution in [0.5, 0.6) is 5.88 Å². The highest BCUT2D eigenvalue weighted by molar-refractivity contribution is 5.16. The summed E-state index contributed by atoms with van der Waals surface area (Å²) in [5, 5.41) is 3.77. The summed E-state index contributed by atoms with van der Waals surface area (Å²) in [6.45, 7) is 5.49. The molecule has 2 heterocycles. The summed E-state index contributed by atoms with van der Waals surface area (Å²) in [6.07, 6.45) is 5.31. The third kappa shape index (κ3) is 3.74. The molecule has 1 saturated carbocycles. The van der Waals surface area contributed by atoms with Crippen molar-refractivity contribution < 1.29 is 4.74 Å². The molecular weight excluding hydrogens is 262 g/mol. The Bertz CT molecular complexity index is 461. The molecule has 1 aliphatic heterocycles. The van der Waals surface area contributed by atoms with Gasteiger partial charge in [-0.05, 0) is 31.2 Å². The van der Waals surface area contributed by atoms with Crippen molar-refractivity contribution in [2.45, 2.75) is 51.2 Å². The maximum atomic E-state index is 5.25. The van der Waals surface area contributed by atoms with Crippen molar-refractivity contribution in [2.75, 3.05) is 20.2 Å². The third-order valence-corrected chi connectivity index (χ3v) is 4.73. The van der Waals surface area contributed by atoms with Gasteiger partial charge in [-0.3, -0.25) is 4.90 Å². The molecule has 4 nitrogen and oxygen atoms in total. The summed E-state index contributed by atoms with van der Waals surface area (Å²) in [6, 6.07) is 7.38. The number of aromatic nitrogens is 1. The van der Waals surface area contributed by atoms with Gasteiger partial charge in [0.05, 0.1) is 12.8 Å². The quantitative estimate of drug-likeness (QED) is 0.873. The van der Waals surface area contributed by atoms with E-state index in [2.05, 4.69) is 28.2 Å². The largest absolute Gasteiger partial charge is 0.481 e. The number of hydrogen-bond donors (Lipinski definition) is 1. The minimum atomic E-state index is 0.637. The molecule has 116 valence electrons. The number of ether oxygens (including phenoxy) is 1. The zero-order valence-corrected chi connectivity index (χ0v) is 13.2. The SMILES string of the molecule is CCCC1CNC(C2CC2)CN1Cc1cccc(OC)n1. The van der Waals surface area contributed by atoms with Crippen molar-refractivity contribution in [1.29, 1.82) is 0 Å². The van der Waals surface area contributed by atoms with E-state index in [1.54, 1.807) is 7.11 Å². The first kappa shape index (κ1) is 14.8. The van der Waals surface area contributed by atoms with E-state index in [0.717, 1.165) is 31.2 Å². The Morgan fingerprint density at radius 3 is 2.95 bits per heavy atom. The highest BCUT2D eigenvalue weighted by atomic mass is 16.5. The molecule has 0 aromatic carbocycles. The number of nitrogens with zero attached hydrogens (tertiary/aromatic N) is 2. The van der Waals surface area contributed by atoms with Crippen LogP contribution >= 0.6 is 0 Å². The van der Waals surface area contributed by atoms with E-state index in [-0.39, 0.29) is 0 Å². The molecule has 1 N–H and O–H groups in total. The van der Waals surface area contributed by atoms with Crippen LogP contribution in [0.15, 0.2) is 18.2 Å². The average Bonchev–Trinajstić information content (AvgIpc) is 3.34. The average molecular weight is 289 g/mol. The van der Waals surface area contributed by atoms with Crippen LogP contribution in [0.1, 0.15) is 38.3 Å². The van der Waals surface area contributed by atoms with E-state index in [9.17, 15) is 0 Å². The topological polar surface area (TPSA) is 37.4 Å². The molecule has 0 spiro atoms. The smallest absolute Gasteiger partial charge is 0.213 e. The van der Waals surface area contributed by atoms with Gasteiger partial charge in [0.25, 0.3) is 0 Å². The van der Waals surface area contributed by atoms with Crippen LogP contribution in [-0.2, 0) is 6.54 Å². The summed E-state index contributed by atoms with van der Waals surface area (Å²) in [4.78, 5) is 7.21. The summed E-state index contributed by atoms with van der Waals surface area (Å²) in [5.74, 6) is 1.63. The van der Waals surface area contributed by atoms with Gasteiger partial charge in [0.1, 0.15) is 0 Å². The first-order chi connectivity index (χ1) is 10.3. The molecule has 0 amide bonds. The van der Waals surface area contributed by atoms with Gasteiger partial charge in [-0.1, -0.05) is 19.4 Å². The molecule has 1 saturated heterocycles. The van der Waals surface area contributed by atoms with Gasteiger partial charge in [-0.15, -0.1) is 0 Å². The van der Waals surface area contributed by atoms with Gasteiger partial charge in [-0.2, -0.15) is 0 Å². The second-order valence-electron chi connectivity index (χ2n) is 6.40. The van der Waals surface area contributed by atoms with Crippen LogP contribution in [0.3, 0.4) is 0 Å². The normalized spacial score (nSPS) is 26.8. The molecule has 2 fully saturated rings. The fraction of sp³-hybridized carbons (Fsp3) is 0.706. The fourth-order valence-corrected chi connectivity index (χ4v) is 3.38. The van der Waals surface area contributed by atoms with E-state index < -0.39 is 0 Å². The molecular formula is C17H27N3O. The molecule has 0 bridgehead atoms. The van der Waals surface area contributed by atoms with Crippen molar-refractivity contribution >= 4 is 0 Å². The zero-order valence-electron chi connectivity index (χ0n) is 13.2. The lowest BCUT2D eigenvalue weighted by atomic mass is 10.0. The molecule has 2 atom stereocenters. The van der Waals surface area contributed by atoms with Gasteiger partial charge in [0.15, 0.2) is 0 Å². The van der Waals surface area contributed by atoms with E-state index >= 15 is 0 Å². The van der Waals surface area contributed by atoms with E-state index in [0.29, 0.717) is 18.0 Å². The van der Waals surface area contributed by atoms with E-state index in [1.807, 2.05) is 12.1 Å². The third-order valence-electron chi connectivity index (χ3n) is 4.73. The van der Waals surface area contributed by atoms with E-state index in [1.165, 1.54) is 25.7 Å². The Kier molecular flexibility index (Phi) is 4.76. The predicted octanol–water partition coefficient (Wildman–Crippen LogP) is 2.44. The van der Waals surface area contributed by atoms with Crippen LogP contribution in [0.4, 0.5) is 0 Å². The second kappa shape index (κ2) is 6.75. The Morgan fingerprint density at radius 2 is 2.24 bits per heavy atom. The maximum Gasteiger partial charge on any atom is 0.213 e. The van der Waals surface area contributed by atoms with Crippen molar-refractivity contribution in [1.82, 2.24) is 15.2 Å². The Balaban J connectivity index is 1.68.